The molecule has 0 aliphatic heterocycles. The van der Waals surface area contributed by atoms with Crippen molar-refractivity contribution in [3.63, 3.8) is 0 Å². The predicted octanol–water partition coefficient (Wildman–Crippen LogP) is 7.83. The molecular formula is C29H18ClN3. The van der Waals surface area contributed by atoms with Crippen LogP contribution in [0.4, 0.5) is 0 Å². The molecule has 0 saturated heterocycles. The maximum atomic E-state index is 8.96. The van der Waals surface area contributed by atoms with Gasteiger partial charge >= 0.3 is 0 Å². The smallest absolute Gasteiger partial charge is 0.164 e. The van der Waals surface area contributed by atoms with Gasteiger partial charge in [-0.05, 0) is 39.7 Å². The average Bonchev–Trinajstić information content (AvgIpc) is 2.96. The van der Waals surface area contributed by atoms with Crippen molar-refractivity contribution in [3.05, 3.63) is 114 Å². The maximum Gasteiger partial charge on any atom is 0.164 e. The second kappa shape index (κ2) is 8.12. The molecule has 6 rings (SSSR count). The van der Waals surface area contributed by atoms with E-state index in [9.17, 15) is 0 Å². The summed E-state index contributed by atoms with van der Waals surface area (Å²) in [5.41, 5.74) is 1.14. The molecule has 1 aromatic heterocycles. The van der Waals surface area contributed by atoms with Crippen molar-refractivity contribution in [1.82, 2.24) is 15.0 Å². The molecule has 0 N–H and O–H groups in total. The second-order valence-electron chi connectivity index (χ2n) is 7.34. The summed E-state index contributed by atoms with van der Waals surface area (Å²) >= 11 is 6.26. The van der Waals surface area contributed by atoms with Crippen molar-refractivity contribution in [2.24, 2.45) is 0 Å². The van der Waals surface area contributed by atoms with Gasteiger partial charge in [-0.15, -0.1) is 0 Å². The van der Waals surface area contributed by atoms with Gasteiger partial charge in [0, 0.05) is 21.7 Å². The summed E-state index contributed by atoms with van der Waals surface area (Å²) in [4.78, 5) is 14.0. The maximum absolute atomic E-state index is 8.96. The number of benzene rings is 5. The first-order valence-electron chi connectivity index (χ1n) is 13.7. The van der Waals surface area contributed by atoms with Crippen molar-refractivity contribution < 1.29 is 9.60 Å². The van der Waals surface area contributed by atoms with Crippen LogP contribution in [0.2, 0.25) is 5.02 Å². The van der Waals surface area contributed by atoms with Crippen molar-refractivity contribution in [1.29, 1.82) is 0 Å². The molecule has 4 heteroatoms. The Morgan fingerprint density at radius 3 is 2.21 bits per heavy atom. The minimum Gasteiger partial charge on any atom is -0.208 e. The third-order valence-electron chi connectivity index (χ3n) is 5.22. The normalized spacial score (nSPS) is 14.2. The highest BCUT2D eigenvalue weighted by Gasteiger charge is 2.14. The lowest BCUT2D eigenvalue weighted by Crippen LogP contribution is -2.00. The van der Waals surface area contributed by atoms with E-state index in [-0.39, 0.29) is 39.9 Å². The molecular weight excluding hydrogens is 426 g/mol. The van der Waals surface area contributed by atoms with Gasteiger partial charge in [-0.25, -0.2) is 15.0 Å². The van der Waals surface area contributed by atoms with E-state index in [0.29, 0.717) is 16.1 Å². The molecule has 0 aliphatic carbocycles. The minimum absolute atomic E-state index is 0.0641. The molecule has 156 valence electrons. The molecule has 0 fully saturated rings. The van der Waals surface area contributed by atoms with Gasteiger partial charge in [0.25, 0.3) is 0 Å². The van der Waals surface area contributed by atoms with Crippen LogP contribution in [0, 0.1) is 0 Å². The Kier molecular flexibility index (Phi) is 3.31. The summed E-state index contributed by atoms with van der Waals surface area (Å²) in [6, 6.07) is 17.1. The zero-order valence-corrected chi connectivity index (χ0v) is 17.8. The largest absolute Gasteiger partial charge is 0.208 e. The van der Waals surface area contributed by atoms with E-state index < -0.39 is 36.3 Å². The van der Waals surface area contributed by atoms with E-state index in [1.54, 1.807) is 24.3 Å². The van der Waals surface area contributed by atoms with Crippen molar-refractivity contribution in [3.8, 4) is 34.2 Å². The first kappa shape index (κ1) is 13.5. The molecule has 6 aromatic rings. The van der Waals surface area contributed by atoms with Gasteiger partial charge in [0.15, 0.2) is 17.5 Å². The fourth-order valence-corrected chi connectivity index (χ4v) is 3.87. The second-order valence-corrected chi connectivity index (χ2v) is 7.78. The molecule has 33 heavy (non-hydrogen) atoms. The zero-order chi connectivity index (χ0) is 28.3. The summed E-state index contributed by atoms with van der Waals surface area (Å²) in [7, 11) is 0. The number of aromatic nitrogens is 3. The van der Waals surface area contributed by atoms with E-state index in [1.807, 2.05) is 42.5 Å². The van der Waals surface area contributed by atoms with Gasteiger partial charge in [0.2, 0.25) is 0 Å². The zero-order valence-electron chi connectivity index (χ0n) is 24.1. The first-order chi connectivity index (χ1) is 19.2. The quantitative estimate of drug-likeness (QED) is 0.275. The Morgan fingerprint density at radius 1 is 0.606 bits per heavy atom. The standard InChI is InChI=1S/C29H18ClN3/c30-24-12-5-11-22(18-24)27-31-28(23-16-15-19-7-1-2-9-21(19)17-23)33-29(32-27)26-14-6-10-20-8-3-4-13-25(20)26/h1-18H/i1D,2D,7D,9D,15D,16D,17D. The Labute approximate surface area is 206 Å². The van der Waals surface area contributed by atoms with Gasteiger partial charge in [0.05, 0.1) is 9.60 Å². The Morgan fingerprint density at radius 2 is 1.33 bits per heavy atom. The lowest BCUT2D eigenvalue weighted by Gasteiger charge is -2.11. The summed E-state index contributed by atoms with van der Waals surface area (Å²) in [5.74, 6) is 0.443. The predicted molar refractivity (Wildman–Crippen MR) is 136 cm³/mol. The summed E-state index contributed by atoms with van der Waals surface area (Å²) in [5, 5.41) is 1.94. The number of hydrogen-bond donors (Lipinski definition) is 0. The van der Waals surface area contributed by atoms with Crippen LogP contribution in [0.1, 0.15) is 9.60 Å². The van der Waals surface area contributed by atoms with Crippen molar-refractivity contribution >= 4 is 33.1 Å². The number of halogens is 1. The van der Waals surface area contributed by atoms with Gasteiger partial charge < -0.3 is 0 Å². The Balaban J connectivity index is 1.72. The van der Waals surface area contributed by atoms with E-state index in [4.69, 9.17) is 26.2 Å². The summed E-state index contributed by atoms with van der Waals surface area (Å²) in [6.07, 6.45) is 0. The van der Waals surface area contributed by atoms with Crippen molar-refractivity contribution in [2.45, 2.75) is 0 Å². The van der Waals surface area contributed by atoms with Gasteiger partial charge in [-0.2, -0.15) is 0 Å². The van der Waals surface area contributed by atoms with Crippen LogP contribution in [0.3, 0.4) is 0 Å². The summed E-state index contributed by atoms with van der Waals surface area (Å²) in [6.45, 7) is 0. The van der Waals surface area contributed by atoms with E-state index >= 15 is 0 Å². The van der Waals surface area contributed by atoms with Crippen LogP contribution < -0.4 is 0 Å². The monoisotopic (exact) mass is 450 g/mol. The number of fused-ring (bicyclic) bond motifs is 2. The highest BCUT2D eigenvalue weighted by atomic mass is 35.5. The molecule has 0 saturated carbocycles. The van der Waals surface area contributed by atoms with E-state index in [2.05, 4.69) is 9.97 Å². The highest BCUT2D eigenvalue weighted by Crippen LogP contribution is 2.31. The lowest BCUT2D eigenvalue weighted by molar-refractivity contribution is 1.08. The fraction of sp³-hybridized carbons (Fsp3) is 0. The number of rotatable bonds is 3. The third-order valence-corrected chi connectivity index (χ3v) is 5.46. The van der Waals surface area contributed by atoms with Gasteiger partial charge in [-0.3, -0.25) is 0 Å². The molecule has 0 spiro atoms. The van der Waals surface area contributed by atoms with E-state index in [1.165, 1.54) is 0 Å². The minimum atomic E-state index is -0.529. The van der Waals surface area contributed by atoms with Crippen LogP contribution in [0.15, 0.2) is 109 Å². The average molecular weight is 451 g/mol. The highest BCUT2D eigenvalue weighted by molar-refractivity contribution is 6.30. The molecule has 5 aromatic carbocycles. The van der Waals surface area contributed by atoms with Gasteiger partial charge in [-0.1, -0.05) is 102 Å². The van der Waals surface area contributed by atoms with Crippen molar-refractivity contribution in [2.75, 3.05) is 0 Å². The number of nitrogens with zero attached hydrogens (tertiary/aromatic N) is 3. The van der Waals surface area contributed by atoms with Crippen LogP contribution in [-0.4, -0.2) is 15.0 Å². The molecule has 1 heterocycles. The van der Waals surface area contributed by atoms with Crippen LogP contribution >= 0.6 is 11.6 Å². The van der Waals surface area contributed by atoms with Gasteiger partial charge in [0.1, 0.15) is 0 Å². The SMILES string of the molecule is [2H]c1c([2H])c([2H])c2c([2H])c(-c3nc(-c4cccc(Cl)c4)nc(-c4cccc5ccccc45)n3)c([2H])c([2H])c2c1[2H]. The molecule has 0 atom stereocenters. The van der Waals surface area contributed by atoms with Crippen LogP contribution in [-0.2, 0) is 0 Å². The topological polar surface area (TPSA) is 38.7 Å². The molecule has 0 amide bonds. The molecule has 3 nitrogen and oxygen atoms in total. The summed E-state index contributed by atoms with van der Waals surface area (Å²) < 4.78 is 59.2. The lowest BCUT2D eigenvalue weighted by atomic mass is 10.0. The van der Waals surface area contributed by atoms with E-state index in [0.717, 1.165) is 10.8 Å². The fourth-order valence-electron chi connectivity index (χ4n) is 3.68. The molecule has 0 bridgehead atoms. The third kappa shape index (κ3) is 3.73. The first-order valence-corrected chi connectivity index (χ1v) is 10.6. The molecule has 0 aliphatic rings. The van der Waals surface area contributed by atoms with Crippen LogP contribution in [0.25, 0.3) is 55.7 Å². The number of hydrogen-bond acceptors (Lipinski definition) is 3. The Bertz CT molecular complexity index is 2010. The Hall–Kier alpha value is -4.08. The molecule has 0 unspecified atom stereocenters. The molecule has 0 radical (unpaired) electrons. The van der Waals surface area contributed by atoms with Crippen LogP contribution in [0.5, 0.6) is 0 Å².